The van der Waals surface area contributed by atoms with E-state index < -0.39 is 11.7 Å². The largest absolute Gasteiger partial charge is 0.443 e. The lowest BCUT2D eigenvalue weighted by Gasteiger charge is -2.24. The van der Waals surface area contributed by atoms with Crippen molar-refractivity contribution in [3.63, 3.8) is 0 Å². The molecule has 1 heterocycles. The minimum Gasteiger partial charge on any atom is -0.443 e. The summed E-state index contributed by atoms with van der Waals surface area (Å²) in [5.41, 5.74) is -0.0425. The van der Waals surface area contributed by atoms with Crippen LogP contribution in [0.25, 0.3) is 0 Å². The summed E-state index contributed by atoms with van der Waals surface area (Å²) in [6.45, 7) is 5.42. The summed E-state index contributed by atoms with van der Waals surface area (Å²) in [5, 5.41) is 0. The standard InChI is InChI=1S/C12H18N2O3/c1-12(2,3)17-11(16)14(5)9-6-7-10(15)13(4)8-9/h6-8H,1-5H3. The lowest BCUT2D eigenvalue weighted by Crippen LogP contribution is -2.34. The second-order valence-electron chi connectivity index (χ2n) is 4.88. The van der Waals surface area contributed by atoms with Crippen LogP contribution in [0.2, 0.25) is 0 Å². The van der Waals surface area contributed by atoms with Gasteiger partial charge in [-0.1, -0.05) is 0 Å². The molecule has 0 aliphatic carbocycles. The summed E-state index contributed by atoms with van der Waals surface area (Å²) in [7, 11) is 3.24. The second-order valence-corrected chi connectivity index (χ2v) is 4.88. The number of aryl methyl sites for hydroxylation is 1. The Balaban J connectivity index is 2.89. The summed E-state index contributed by atoms with van der Waals surface area (Å²) >= 11 is 0. The molecule has 0 bridgehead atoms. The molecule has 0 spiro atoms. The van der Waals surface area contributed by atoms with E-state index in [0.717, 1.165) is 0 Å². The van der Waals surface area contributed by atoms with Gasteiger partial charge in [0, 0.05) is 26.4 Å². The third kappa shape index (κ3) is 3.62. The monoisotopic (exact) mass is 238 g/mol. The number of rotatable bonds is 1. The van der Waals surface area contributed by atoms with E-state index in [-0.39, 0.29) is 5.56 Å². The van der Waals surface area contributed by atoms with Crippen LogP contribution < -0.4 is 10.5 Å². The SMILES string of the molecule is CN(C(=O)OC(C)(C)C)c1ccc(=O)n(C)c1. The van der Waals surface area contributed by atoms with E-state index in [1.54, 1.807) is 47.1 Å². The molecule has 0 fully saturated rings. The van der Waals surface area contributed by atoms with Crippen molar-refractivity contribution >= 4 is 11.8 Å². The zero-order valence-electron chi connectivity index (χ0n) is 10.9. The highest BCUT2D eigenvalue weighted by Crippen LogP contribution is 2.14. The third-order valence-electron chi connectivity index (χ3n) is 2.12. The molecule has 1 rings (SSSR count). The van der Waals surface area contributed by atoms with E-state index in [1.807, 2.05) is 0 Å². The lowest BCUT2D eigenvalue weighted by molar-refractivity contribution is 0.0589. The average Bonchev–Trinajstić information content (AvgIpc) is 2.18. The number of pyridine rings is 1. The Bertz CT molecular complexity index is 471. The molecular formula is C12H18N2O3. The molecule has 0 N–H and O–H groups in total. The molecule has 0 atom stereocenters. The maximum Gasteiger partial charge on any atom is 0.414 e. The number of aromatic nitrogens is 1. The van der Waals surface area contributed by atoms with Crippen molar-refractivity contribution in [3.05, 3.63) is 28.7 Å². The van der Waals surface area contributed by atoms with Crippen LogP contribution in [-0.2, 0) is 11.8 Å². The van der Waals surface area contributed by atoms with Crippen LogP contribution in [0.15, 0.2) is 23.1 Å². The summed E-state index contributed by atoms with van der Waals surface area (Å²) < 4.78 is 6.64. The van der Waals surface area contributed by atoms with Crippen LogP contribution in [-0.4, -0.2) is 23.3 Å². The molecule has 5 nitrogen and oxygen atoms in total. The first-order valence-corrected chi connectivity index (χ1v) is 5.34. The molecule has 0 aliphatic rings. The fourth-order valence-corrected chi connectivity index (χ4v) is 1.21. The number of hydrogen-bond acceptors (Lipinski definition) is 3. The zero-order chi connectivity index (χ0) is 13.2. The number of ether oxygens (including phenoxy) is 1. The molecule has 17 heavy (non-hydrogen) atoms. The first-order chi connectivity index (χ1) is 7.70. The van der Waals surface area contributed by atoms with Gasteiger partial charge in [-0.15, -0.1) is 0 Å². The van der Waals surface area contributed by atoms with E-state index in [0.29, 0.717) is 5.69 Å². The molecule has 0 radical (unpaired) electrons. The molecule has 1 aromatic rings. The van der Waals surface area contributed by atoms with Gasteiger partial charge in [0.2, 0.25) is 5.56 Å². The van der Waals surface area contributed by atoms with Crippen molar-refractivity contribution in [1.29, 1.82) is 0 Å². The van der Waals surface area contributed by atoms with Gasteiger partial charge < -0.3 is 9.30 Å². The molecule has 1 amide bonds. The number of nitrogens with zero attached hydrogens (tertiary/aromatic N) is 2. The number of anilines is 1. The summed E-state index contributed by atoms with van der Waals surface area (Å²) in [5.74, 6) is 0. The average molecular weight is 238 g/mol. The van der Waals surface area contributed by atoms with Crippen molar-refractivity contribution in [1.82, 2.24) is 4.57 Å². The summed E-state index contributed by atoms with van der Waals surface area (Å²) in [4.78, 5) is 24.4. The van der Waals surface area contributed by atoms with Crippen molar-refractivity contribution in [3.8, 4) is 0 Å². The topological polar surface area (TPSA) is 51.5 Å². The molecule has 1 aromatic heterocycles. The van der Waals surface area contributed by atoms with E-state index in [2.05, 4.69) is 0 Å². The smallest absolute Gasteiger partial charge is 0.414 e. The van der Waals surface area contributed by atoms with E-state index in [1.165, 1.54) is 15.5 Å². The Morgan fingerprint density at radius 2 is 1.94 bits per heavy atom. The van der Waals surface area contributed by atoms with Gasteiger partial charge in [-0.25, -0.2) is 4.79 Å². The van der Waals surface area contributed by atoms with Crippen molar-refractivity contribution < 1.29 is 9.53 Å². The van der Waals surface area contributed by atoms with Crippen molar-refractivity contribution in [2.45, 2.75) is 26.4 Å². The summed E-state index contributed by atoms with van der Waals surface area (Å²) in [6.07, 6.45) is 1.14. The number of carbonyl (C=O) groups is 1. The molecule has 0 aliphatic heterocycles. The highest BCUT2D eigenvalue weighted by atomic mass is 16.6. The van der Waals surface area contributed by atoms with Crippen molar-refractivity contribution in [2.75, 3.05) is 11.9 Å². The number of carbonyl (C=O) groups excluding carboxylic acids is 1. The normalized spacial score (nSPS) is 11.1. The summed E-state index contributed by atoms with van der Waals surface area (Å²) in [6, 6.07) is 3.00. The molecule has 0 unspecified atom stereocenters. The van der Waals surface area contributed by atoms with Gasteiger partial charge in [0.1, 0.15) is 5.60 Å². The van der Waals surface area contributed by atoms with Gasteiger partial charge in [0.25, 0.3) is 0 Å². The number of hydrogen-bond donors (Lipinski definition) is 0. The van der Waals surface area contributed by atoms with Crippen LogP contribution in [0, 0.1) is 0 Å². The molecule has 0 aromatic carbocycles. The Morgan fingerprint density at radius 3 is 2.41 bits per heavy atom. The fourth-order valence-electron chi connectivity index (χ4n) is 1.21. The zero-order valence-corrected chi connectivity index (χ0v) is 10.9. The van der Waals surface area contributed by atoms with Gasteiger partial charge in [-0.2, -0.15) is 0 Å². The minimum atomic E-state index is -0.536. The predicted molar refractivity (Wildman–Crippen MR) is 66.3 cm³/mol. The predicted octanol–water partition coefficient (Wildman–Crippen LogP) is 1.76. The van der Waals surface area contributed by atoms with Crippen LogP contribution >= 0.6 is 0 Å². The van der Waals surface area contributed by atoms with Gasteiger partial charge in [-0.3, -0.25) is 9.69 Å². The number of amides is 1. The maximum absolute atomic E-state index is 11.8. The fraction of sp³-hybridized carbons (Fsp3) is 0.500. The Labute approximate surface area is 101 Å². The lowest BCUT2D eigenvalue weighted by atomic mass is 10.2. The van der Waals surface area contributed by atoms with E-state index >= 15 is 0 Å². The van der Waals surface area contributed by atoms with Gasteiger partial charge in [-0.05, 0) is 26.8 Å². The molecule has 5 heteroatoms. The van der Waals surface area contributed by atoms with E-state index in [4.69, 9.17) is 4.74 Å². The molecule has 0 saturated heterocycles. The Morgan fingerprint density at radius 1 is 1.35 bits per heavy atom. The van der Waals surface area contributed by atoms with Crippen LogP contribution in [0.5, 0.6) is 0 Å². The first-order valence-electron chi connectivity index (χ1n) is 5.34. The minimum absolute atomic E-state index is 0.119. The quantitative estimate of drug-likeness (QED) is 0.749. The highest BCUT2D eigenvalue weighted by molar-refractivity contribution is 5.86. The Hall–Kier alpha value is -1.78. The third-order valence-corrected chi connectivity index (χ3v) is 2.12. The van der Waals surface area contributed by atoms with Crippen LogP contribution in [0.4, 0.5) is 10.5 Å². The first kappa shape index (κ1) is 13.3. The van der Waals surface area contributed by atoms with Crippen LogP contribution in [0.1, 0.15) is 20.8 Å². The molecule has 94 valence electrons. The van der Waals surface area contributed by atoms with Crippen LogP contribution in [0.3, 0.4) is 0 Å². The maximum atomic E-state index is 11.8. The Kier molecular flexibility index (Phi) is 3.60. The van der Waals surface area contributed by atoms with Gasteiger partial charge >= 0.3 is 6.09 Å². The van der Waals surface area contributed by atoms with Gasteiger partial charge in [0.05, 0.1) is 5.69 Å². The van der Waals surface area contributed by atoms with E-state index in [9.17, 15) is 9.59 Å². The molecular weight excluding hydrogens is 220 g/mol. The second kappa shape index (κ2) is 4.61. The van der Waals surface area contributed by atoms with Gasteiger partial charge in [0.15, 0.2) is 0 Å². The molecule has 0 saturated carbocycles. The van der Waals surface area contributed by atoms with Crippen molar-refractivity contribution in [2.24, 2.45) is 7.05 Å². The highest BCUT2D eigenvalue weighted by Gasteiger charge is 2.20.